The standard InChI is InChI=1S/C26H45N3O2/c1-5-13-22-15-8-9-16-23(22)17-12-20-28-26(31)24(14-6-2)29-25(30)18-10-11-19-27-21(4)7-3/h8-9,15-16,21,24,27H,5-7,10-14,17-20H2,1-4H3,(H,28,31)(H,29,30). The van der Waals surface area contributed by atoms with E-state index in [0.717, 1.165) is 57.9 Å². The summed E-state index contributed by atoms with van der Waals surface area (Å²) >= 11 is 0. The summed E-state index contributed by atoms with van der Waals surface area (Å²) in [5, 5.41) is 9.41. The molecule has 31 heavy (non-hydrogen) atoms. The quantitative estimate of drug-likeness (QED) is 0.317. The van der Waals surface area contributed by atoms with Crippen molar-refractivity contribution in [1.82, 2.24) is 16.0 Å². The van der Waals surface area contributed by atoms with Crippen LogP contribution in [-0.4, -0.2) is 37.0 Å². The third-order valence-corrected chi connectivity index (χ3v) is 5.72. The van der Waals surface area contributed by atoms with Crippen LogP contribution in [0.5, 0.6) is 0 Å². The second kappa shape index (κ2) is 16.8. The Morgan fingerprint density at radius 1 is 0.903 bits per heavy atom. The molecular formula is C26H45N3O2. The molecule has 5 nitrogen and oxygen atoms in total. The molecule has 0 saturated heterocycles. The Morgan fingerprint density at radius 3 is 2.26 bits per heavy atom. The van der Waals surface area contributed by atoms with E-state index in [9.17, 15) is 9.59 Å². The minimum atomic E-state index is -0.428. The fourth-order valence-corrected chi connectivity index (χ4v) is 3.66. The summed E-state index contributed by atoms with van der Waals surface area (Å²) in [5.41, 5.74) is 2.78. The highest BCUT2D eigenvalue weighted by Crippen LogP contribution is 2.13. The molecule has 0 fully saturated rings. The Labute approximate surface area is 190 Å². The first-order valence-electron chi connectivity index (χ1n) is 12.4. The van der Waals surface area contributed by atoms with Crippen molar-refractivity contribution >= 4 is 11.8 Å². The van der Waals surface area contributed by atoms with E-state index in [4.69, 9.17) is 0 Å². The van der Waals surface area contributed by atoms with Gasteiger partial charge in [0.15, 0.2) is 0 Å². The summed E-state index contributed by atoms with van der Waals surface area (Å²) in [6, 6.07) is 8.65. The van der Waals surface area contributed by atoms with Crippen molar-refractivity contribution < 1.29 is 9.59 Å². The van der Waals surface area contributed by atoms with E-state index in [2.05, 4.69) is 61.0 Å². The van der Waals surface area contributed by atoms with Gasteiger partial charge in [0.1, 0.15) is 6.04 Å². The van der Waals surface area contributed by atoms with E-state index in [-0.39, 0.29) is 11.8 Å². The average Bonchev–Trinajstić information content (AvgIpc) is 2.77. The first kappa shape index (κ1) is 27.2. The first-order chi connectivity index (χ1) is 15.0. The van der Waals surface area contributed by atoms with Gasteiger partial charge in [-0.2, -0.15) is 0 Å². The number of carbonyl (C=O) groups is 2. The third-order valence-electron chi connectivity index (χ3n) is 5.72. The Hall–Kier alpha value is -1.88. The molecule has 5 heteroatoms. The number of aryl methyl sites for hydroxylation is 2. The largest absolute Gasteiger partial charge is 0.354 e. The number of amides is 2. The monoisotopic (exact) mass is 431 g/mol. The Balaban J connectivity index is 2.33. The van der Waals surface area contributed by atoms with Crippen LogP contribution in [0, 0.1) is 0 Å². The van der Waals surface area contributed by atoms with Gasteiger partial charge in [-0.05, 0) is 69.5 Å². The molecule has 0 heterocycles. The van der Waals surface area contributed by atoms with E-state index in [1.54, 1.807) is 0 Å². The van der Waals surface area contributed by atoms with Gasteiger partial charge < -0.3 is 16.0 Å². The second-order valence-electron chi connectivity index (χ2n) is 8.54. The van der Waals surface area contributed by atoms with Gasteiger partial charge in [0, 0.05) is 19.0 Å². The summed E-state index contributed by atoms with van der Waals surface area (Å²) in [5.74, 6) is -0.0823. The molecule has 2 amide bonds. The van der Waals surface area contributed by atoms with Crippen molar-refractivity contribution in [3.05, 3.63) is 35.4 Å². The zero-order chi connectivity index (χ0) is 22.9. The summed E-state index contributed by atoms with van der Waals surface area (Å²) in [4.78, 5) is 24.9. The maximum absolute atomic E-state index is 12.6. The van der Waals surface area contributed by atoms with Crippen molar-refractivity contribution in [2.75, 3.05) is 13.1 Å². The van der Waals surface area contributed by atoms with Crippen LogP contribution in [0.3, 0.4) is 0 Å². The Bertz CT molecular complexity index is 633. The Kier molecular flexibility index (Phi) is 14.7. The highest BCUT2D eigenvalue weighted by Gasteiger charge is 2.19. The molecule has 0 saturated carbocycles. The summed E-state index contributed by atoms with van der Waals surface area (Å²) in [7, 11) is 0. The summed E-state index contributed by atoms with van der Waals surface area (Å²) < 4.78 is 0. The maximum Gasteiger partial charge on any atom is 0.242 e. The lowest BCUT2D eigenvalue weighted by Gasteiger charge is -2.18. The van der Waals surface area contributed by atoms with Crippen LogP contribution in [-0.2, 0) is 22.4 Å². The average molecular weight is 432 g/mol. The smallest absolute Gasteiger partial charge is 0.242 e. The van der Waals surface area contributed by atoms with Gasteiger partial charge in [-0.25, -0.2) is 0 Å². The van der Waals surface area contributed by atoms with Crippen molar-refractivity contribution in [3.63, 3.8) is 0 Å². The lowest BCUT2D eigenvalue weighted by atomic mass is 9.99. The first-order valence-corrected chi connectivity index (χ1v) is 12.4. The number of rotatable bonds is 17. The zero-order valence-electron chi connectivity index (χ0n) is 20.3. The number of hydrogen-bond donors (Lipinski definition) is 3. The van der Waals surface area contributed by atoms with E-state index in [0.29, 0.717) is 25.4 Å². The SMILES string of the molecule is CCCc1ccccc1CCCNC(=O)C(CCC)NC(=O)CCCCNC(C)CC. The lowest BCUT2D eigenvalue weighted by Crippen LogP contribution is -2.46. The molecule has 1 aromatic carbocycles. The van der Waals surface area contributed by atoms with E-state index < -0.39 is 6.04 Å². The molecule has 1 aromatic rings. The number of nitrogens with one attached hydrogen (secondary N) is 3. The molecule has 0 bridgehead atoms. The summed E-state index contributed by atoms with van der Waals surface area (Å²) in [6.45, 7) is 10.1. The molecule has 176 valence electrons. The molecule has 0 spiro atoms. The molecule has 0 aliphatic heterocycles. The van der Waals surface area contributed by atoms with Crippen molar-refractivity contribution in [2.45, 2.75) is 104 Å². The van der Waals surface area contributed by atoms with Gasteiger partial charge in [-0.1, -0.05) is 57.9 Å². The van der Waals surface area contributed by atoms with E-state index in [1.807, 2.05) is 6.92 Å². The van der Waals surface area contributed by atoms with Gasteiger partial charge >= 0.3 is 0 Å². The molecular weight excluding hydrogens is 386 g/mol. The van der Waals surface area contributed by atoms with E-state index in [1.165, 1.54) is 11.1 Å². The maximum atomic E-state index is 12.6. The summed E-state index contributed by atoms with van der Waals surface area (Å²) in [6.07, 6.45) is 9.04. The minimum Gasteiger partial charge on any atom is -0.354 e. The van der Waals surface area contributed by atoms with Gasteiger partial charge in [0.05, 0.1) is 0 Å². The normalized spacial score (nSPS) is 12.9. The highest BCUT2D eigenvalue weighted by molar-refractivity contribution is 5.87. The lowest BCUT2D eigenvalue weighted by molar-refractivity contribution is -0.129. The van der Waals surface area contributed by atoms with Gasteiger partial charge in [-0.15, -0.1) is 0 Å². The topological polar surface area (TPSA) is 70.2 Å². The third kappa shape index (κ3) is 11.9. The predicted octanol–water partition coefficient (Wildman–Crippen LogP) is 4.53. The Morgan fingerprint density at radius 2 is 1.61 bits per heavy atom. The van der Waals surface area contributed by atoms with Crippen LogP contribution < -0.4 is 16.0 Å². The van der Waals surface area contributed by atoms with Gasteiger partial charge in [0.25, 0.3) is 0 Å². The molecule has 0 aromatic heterocycles. The molecule has 0 aliphatic rings. The number of carbonyl (C=O) groups excluding carboxylic acids is 2. The highest BCUT2D eigenvalue weighted by atomic mass is 16.2. The number of benzene rings is 1. The van der Waals surface area contributed by atoms with Gasteiger partial charge in [0.2, 0.25) is 11.8 Å². The minimum absolute atomic E-state index is 0.0226. The van der Waals surface area contributed by atoms with Crippen molar-refractivity contribution in [2.24, 2.45) is 0 Å². The van der Waals surface area contributed by atoms with Crippen LogP contribution in [0.1, 0.15) is 90.2 Å². The number of hydrogen-bond acceptors (Lipinski definition) is 3. The molecule has 0 radical (unpaired) electrons. The fraction of sp³-hybridized carbons (Fsp3) is 0.692. The van der Waals surface area contributed by atoms with Crippen LogP contribution in [0.2, 0.25) is 0 Å². The molecule has 2 unspecified atom stereocenters. The van der Waals surface area contributed by atoms with Gasteiger partial charge in [-0.3, -0.25) is 9.59 Å². The number of unbranched alkanes of at least 4 members (excludes halogenated alkanes) is 1. The van der Waals surface area contributed by atoms with Crippen LogP contribution in [0.4, 0.5) is 0 Å². The van der Waals surface area contributed by atoms with Crippen LogP contribution >= 0.6 is 0 Å². The van der Waals surface area contributed by atoms with Crippen molar-refractivity contribution in [3.8, 4) is 0 Å². The fourth-order valence-electron chi connectivity index (χ4n) is 3.66. The van der Waals surface area contributed by atoms with Crippen molar-refractivity contribution in [1.29, 1.82) is 0 Å². The molecule has 0 aliphatic carbocycles. The predicted molar refractivity (Wildman–Crippen MR) is 130 cm³/mol. The van der Waals surface area contributed by atoms with Crippen LogP contribution in [0.25, 0.3) is 0 Å². The molecule has 3 N–H and O–H groups in total. The second-order valence-corrected chi connectivity index (χ2v) is 8.54. The van der Waals surface area contributed by atoms with E-state index >= 15 is 0 Å². The van der Waals surface area contributed by atoms with Crippen LogP contribution in [0.15, 0.2) is 24.3 Å². The molecule has 2 atom stereocenters. The zero-order valence-corrected chi connectivity index (χ0v) is 20.3. The molecule has 1 rings (SSSR count).